The van der Waals surface area contributed by atoms with Gasteiger partial charge < -0.3 is 14.9 Å². The van der Waals surface area contributed by atoms with E-state index >= 15 is 0 Å². The first-order valence-corrected chi connectivity index (χ1v) is 8.02. The summed E-state index contributed by atoms with van der Waals surface area (Å²) in [5.74, 6) is 0.152. The van der Waals surface area contributed by atoms with Gasteiger partial charge in [-0.3, -0.25) is 0 Å². The van der Waals surface area contributed by atoms with Crippen molar-refractivity contribution in [3.8, 4) is 5.75 Å². The van der Waals surface area contributed by atoms with Crippen molar-refractivity contribution in [2.24, 2.45) is 0 Å². The molecule has 1 heterocycles. The van der Waals surface area contributed by atoms with E-state index in [2.05, 4.69) is 0 Å². The fourth-order valence-electron chi connectivity index (χ4n) is 2.47. The number of phenolic OH excluding ortho intramolecular Hbond substituents is 1. The molecule has 3 rings (SSSR count). The molecule has 116 valence electrons. The number of benzene rings is 2. The van der Waals surface area contributed by atoms with Crippen molar-refractivity contribution in [3.63, 3.8) is 0 Å². The third-order valence-corrected chi connectivity index (χ3v) is 4.78. The lowest BCUT2D eigenvalue weighted by molar-refractivity contribution is 0.402. The van der Waals surface area contributed by atoms with Crippen LogP contribution in [0.1, 0.15) is 14.6 Å². The Kier molecular flexibility index (Phi) is 2.83. The maximum Gasteiger partial charge on any atom is 0.116 e. The monoisotopic (exact) mass is 340 g/mol. The molecule has 0 fully saturated rings. The summed E-state index contributed by atoms with van der Waals surface area (Å²) in [6.45, 7) is -5.11. The summed E-state index contributed by atoms with van der Waals surface area (Å²) in [4.78, 5) is 4.35. The number of aromatic hydroxyl groups is 1. The van der Waals surface area contributed by atoms with Crippen LogP contribution < -0.4 is 4.90 Å². The van der Waals surface area contributed by atoms with Crippen LogP contribution in [0, 0.1) is 0 Å². The van der Waals surface area contributed by atoms with Gasteiger partial charge in [-0.05, 0) is 63.3 Å². The zero-order chi connectivity index (χ0) is 20.7. The highest BCUT2D eigenvalue weighted by Gasteiger charge is 2.23. The molecule has 0 bridgehead atoms. The van der Waals surface area contributed by atoms with Crippen molar-refractivity contribution in [1.82, 2.24) is 4.90 Å². The number of phenols is 1. The van der Waals surface area contributed by atoms with Gasteiger partial charge in [-0.15, -0.1) is 0 Å². The standard InChI is InChI=1S/C17H19ClN2OS/c1-19(2)8-3-9-20-14-6-5-13(21)11-17(14)22-16-7-4-12(18)10-15(16)20/h4-7,10-11,21H,3,8-9H2,1-2H3/i1D3,2D3. The lowest BCUT2D eigenvalue weighted by Crippen LogP contribution is -2.25. The lowest BCUT2D eigenvalue weighted by atomic mass is 10.2. The number of rotatable bonds is 4. The summed E-state index contributed by atoms with van der Waals surface area (Å²) in [6.07, 6.45) is 0.313. The summed E-state index contributed by atoms with van der Waals surface area (Å²) in [5.41, 5.74) is 1.72. The van der Waals surface area contributed by atoms with E-state index in [-0.39, 0.29) is 12.3 Å². The predicted molar refractivity (Wildman–Crippen MR) is 93.9 cm³/mol. The highest BCUT2D eigenvalue weighted by molar-refractivity contribution is 7.99. The van der Waals surface area contributed by atoms with Crippen LogP contribution in [0.15, 0.2) is 46.2 Å². The first-order valence-electron chi connectivity index (χ1n) is 9.82. The topological polar surface area (TPSA) is 26.7 Å². The van der Waals surface area contributed by atoms with Crippen molar-refractivity contribution >= 4 is 34.7 Å². The lowest BCUT2D eigenvalue weighted by Gasteiger charge is -2.33. The van der Waals surface area contributed by atoms with E-state index in [1.165, 1.54) is 11.8 Å². The van der Waals surface area contributed by atoms with Crippen LogP contribution in [0.4, 0.5) is 11.4 Å². The molecule has 0 aromatic heterocycles. The zero-order valence-corrected chi connectivity index (χ0v) is 13.3. The third-order valence-electron chi connectivity index (χ3n) is 3.43. The molecule has 0 saturated heterocycles. The van der Waals surface area contributed by atoms with Crippen LogP contribution in [-0.2, 0) is 0 Å². The second kappa shape index (κ2) is 6.41. The number of hydrogen-bond donors (Lipinski definition) is 1. The number of halogens is 1. The van der Waals surface area contributed by atoms with E-state index in [1.54, 1.807) is 24.3 Å². The summed E-state index contributed by atoms with van der Waals surface area (Å²) >= 11 is 7.67. The van der Waals surface area contributed by atoms with Gasteiger partial charge in [-0.1, -0.05) is 23.4 Å². The number of hydrogen-bond acceptors (Lipinski definition) is 4. The molecule has 1 aliphatic heterocycles. The Bertz CT molecular complexity index is 860. The molecule has 22 heavy (non-hydrogen) atoms. The number of anilines is 2. The van der Waals surface area contributed by atoms with Gasteiger partial charge in [-0.2, -0.15) is 0 Å². The fourth-order valence-corrected chi connectivity index (χ4v) is 3.75. The van der Waals surface area contributed by atoms with Crippen LogP contribution in [-0.4, -0.2) is 37.0 Å². The van der Waals surface area contributed by atoms with Crippen molar-refractivity contribution in [2.75, 3.05) is 31.9 Å². The quantitative estimate of drug-likeness (QED) is 0.879. The second-order valence-electron chi connectivity index (χ2n) is 5.02. The minimum absolute atomic E-state index is 0.111. The molecule has 3 nitrogen and oxygen atoms in total. The van der Waals surface area contributed by atoms with Gasteiger partial charge >= 0.3 is 0 Å². The summed E-state index contributed by atoms with van der Waals surface area (Å²) in [5, 5.41) is 10.4. The first kappa shape index (κ1) is 9.71. The molecule has 0 aliphatic carbocycles. The van der Waals surface area contributed by atoms with Gasteiger partial charge in [0.05, 0.1) is 11.4 Å². The molecule has 2 aromatic rings. The van der Waals surface area contributed by atoms with E-state index in [0.717, 1.165) is 21.2 Å². The molecule has 5 heteroatoms. The highest BCUT2D eigenvalue weighted by atomic mass is 35.5. The number of fused-ring (bicyclic) bond motifs is 2. The molecule has 0 radical (unpaired) electrons. The first-order chi connectivity index (χ1) is 13.0. The molecular weight excluding hydrogens is 316 g/mol. The van der Waals surface area contributed by atoms with Crippen molar-refractivity contribution in [3.05, 3.63) is 41.4 Å². The van der Waals surface area contributed by atoms with Gasteiger partial charge in [0.1, 0.15) is 5.75 Å². The van der Waals surface area contributed by atoms with Gasteiger partial charge in [-0.25, -0.2) is 0 Å². The minimum atomic E-state index is -2.70. The second-order valence-corrected chi connectivity index (χ2v) is 6.54. The molecule has 1 N–H and O–H groups in total. The Morgan fingerprint density at radius 3 is 2.86 bits per heavy atom. The average molecular weight is 341 g/mol. The molecule has 2 aromatic carbocycles. The summed E-state index contributed by atoms with van der Waals surface area (Å²) in [7, 11) is 0. The van der Waals surface area contributed by atoms with E-state index in [9.17, 15) is 5.11 Å². The SMILES string of the molecule is [2H]C([2H])([2H])N(CCCN1c2ccc(O)cc2Sc2ccc(Cl)cc21)C([2H])([2H])[2H]. The Morgan fingerprint density at radius 1 is 1.18 bits per heavy atom. The highest BCUT2D eigenvalue weighted by Crippen LogP contribution is 2.49. The molecule has 1 aliphatic rings. The zero-order valence-electron chi connectivity index (χ0n) is 17.7. The van der Waals surface area contributed by atoms with Crippen LogP contribution in [0.25, 0.3) is 0 Å². The Balaban J connectivity index is 1.86. The van der Waals surface area contributed by atoms with Gasteiger partial charge in [0.25, 0.3) is 0 Å². The molecule has 0 unspecified atom stereocenters. The molecule has 0 spiro atoms. The molecule has 0 amide bonds. The third kappa shape index (κ3) is 3.19. The largest absolute Gasteiger partial charge is 0.508 e. The average Bonchev–Trinajstić information content (AvgIpc) is 2.55. The summed E-state index contributed by atoms with van der Waals surface area (Å²) in [6, 6.07) is 10.5. The Morgan fingerprint density at radius 2 is 2.05 bits per heavy atom. The number of nitrogens with zero attached hydrogens (tertiary/aromatic N) is 2. The fraction of sp³-hybridized carbons (Fsp3) is 0.294. The minimum Gasteiger partial charge on any atom is -0.508 e. The molecule has 0 saturated carbocycles. The Hall–Kier alpha value is -1.36. The summed E-state index contributed by atoms with van der Waals surface area (Å²) < 4.78 is 44.9. The van der Waals surface area contributed by atoms with E-state index in [4.69, 9.17) is 19.8 Å². The van der Waals surface area contributed by atoms with Crippen molar-refractivity contribution in [1.29, 1.82) is 0 Å². The van der Waals surface area contributed by atoms with E-state index in [1.807, 2.05) is 17.0 Å². The molecular formula is C17H19ClN2OS. The molecule has 0 atom stereocenters. The van der Waals surface area contributed by atoms with Crippen LogP contribution in [0.2, 0.25) is 5.02 Å². The van der Waals surface area contributed by atoms with Crippen molar-refractivity contribution in [2.45, 2.75) is 16.2 Å². The Labute approximate surface area is 148 Å². The maximum atomic E-state index is 9.81. The van der Waals surface area contributed by atoms with Crippen LogP contribution >= 0.6 is 23.4 Å². The van der Waals surface area contributed by atoms with Crippen LogP contribution in [0.5, 0.6) is 5.75 Å². The van der Waals surface area contributed by atoms with Crippen molar-refractivity contribution < 1.29 is 13.3 Å². The van der Waals surface area contributed by atoms with E-state index in [0.29, 0.717) is 22.9 Å². The van der Waals surface area contributed by atoms with E-state index < -0.39 is 14.0 Å². The smallest absolute Gasteiger partial charge is 0.116 e. The normalized spacial score (nSPS) is 18.4. The maximum absolute atomic E-state index is 9.81. The van der Waals surface area contributed by atoms with Gasteiger partial charge in [0.15, 0.2) is 0 Å². The van der Waals surface area contributed by atoms with Gasteiger partial charge in [0.2, 0.25) is 0 Å². The van der Waals surface area contributed by atoms with Crippen LogP contribution in [0.3, 0.4) is 0 Å². The predicted octanol–water partition coefficient (Wildman–Crippen LogP) is 4.60. The van der Waals surface area contributed by atoms with Gasteiger partial charge in [0, 0.05) is 29.6 Å².